The average Bonchev–Trinajstić information content (AvgIpc) is 3.04. The summed E-state index contributed by atoms with van der Waals surface area (Å²) in [4.78, 5) is 7.78. The Hall–Kier alpha value is -2.61. The van der Waals surface area contributed by atoms with E-state index in [0.29, 0.717) is 0 Å². The second-order valence-electron chi connectivity index (χ2n) is 8.87. The molecule has 0 amide bonds. The van der Waals surface area contributed by atoms with E-state index in [-0.39, 0.29) is 10.8 Å². The van der Waals surface area contributed by atoms with E-state index in [1.165, 1.54) is 35.2 Å². The SMILES string of the molecule is CCCC(C)(C)c1cc2c([nH]1)C=CC(C)(C)C=C2.c1ccc2ncccc2c1. The number of pyridine rings is 1. The van der Waals surface area contributed by atoms with Crippen LogP contribution in [0.25, 0.3) is 23.1 Å². The van der Waals surface area contributed by atoms with Gasteiger partial charge in [0.15, 0.2) is 0 Å². The quantitative estimate of drug-likeness (QED) is 0.510. The molecule has 1 N–H and O–H groups in total. The Labute approximate surface area is 169 Å². The van der Waals surface area contributed by atoms with E-state index in [4.69, 9.17) is 0 Å². The van der Waals surface area contributed by atoms with Crippen LogP contribution in [0.1, 0.15) is 64.4 Å². The van der Waals surface area contributed by atoms with Crippen molar-refractivity contribution >= 4 is 23.1 Å². The van der Waals surface area contributed by atoms with Gasteiger partial charge in [0.25, 0.3) is 0 Å². The smallest absolute Gasteiger partial charge is 0.0701 e. The molecule has 1 aliphatic carbocycles. The summed E-state index contributed by atoms with van der Waals surface area (Å²) in [5, 5.41) is 1.20. The maximum atomic E-state index is 4.18. The van der Waals surface area contributed by atoms with E-state index in [1.54, 1.807) is 0 Å². The second kappa shape index (κ2) is 8.18. The lowest BCUT2D eigenvalue weighted by atomic mass is 9.84. The average molecular weight is 373 g/mol. The number of allylic oxidation sites excluding steroid dienone is 2. The normalized spacial score (nSPS) is 14.9. The molecule has 2 heterocycles. The number of nitrogens with zero attached hydrogens (tertiary/aromatic N) is 1. The zero-order chi connectivity index (χ0) is 20.2. The lowest BCUT2D eigenvalue weighted by Crippen LogP contribution is -2.17. The van der Waals surface area contributed by atoms with Crippen LogP contribution in [0.4, 0.5) is 0 Å². The van der Waals surface area contributed by atoms with Crippen LogP contribution >= 0.6 is 0 Å². The van der Waals surface area contributed by atoms with Gasteiger partial charge in [0.1, 0.15) is 0 Å². The Morgan fingerprint density at radius 1 is 1.00 bits per heavy atom. The van der Waals surface area contributed by atoms with Crippen molar-refractivity contribution in [2.45, 2.75) is 52.9 Å². The van der Waals surface area contributed by atoms with Crippen molar-refractivity contribution in [2.24, 2.45) is 5.41 Å². The number of aromatic amines is 1. The Morgan fingerprint density at radius 3 is 2.46 bits per heavy atom. The van der Waals surface area contributed by atoms with Crippen LogP contribution in [0.15, 0.2) is 60.8 Å². The Kier molecular flexibility index (Phi) is 5.88. The van der Waals surface area contributed by atoms with Gasteiger partial charge in [0, 0.05) is 33.8 Å². The van der Waals surface area contributed by atoms with Crippen molar-refractivity contribution in [3.63, 3.8) is 0 Å². The maximum absolute atomic E-state index is 4.18. The summed E-state index contributed by atoms with van der Waals surface area (Å²) < 4.78 is 0. The number of fused-ring (bicyclic) bond motifs is 2. The molecule has 2 nitrogen and oxygen atoms in total. The molecule has 0 unspecified atom stereocenters. The standard InChI is InChI=1S/C17H25N.C9H7N/c1-6-9-17(4,5)15-12-13-7-10-16(2,3)11-8-14(13)18-15;1-2-6-9-8(4-1)5-3-7-10-9/h7-8,10-12,18H,6,9H2,1-5H3;1-7H. The Morgan fingerprint density at radius 2 is 1.71 bits per heavy atom. The van der Waals surface area contributed by atoms with Crippen LogP contribution in [-0.4, -0.2) is 9.97 Å². The van der Waals surface area contributed by atoms with E-state index in [0.717, 1.165) is 5.52 Å². The summed E-state index contributed by atoms with van der Waals surface area (Å²) in [5.74, 6) is 0. The molecule has 0 bridgehead atoms. The minimum atomic E-state index is 0.152. The number of hydrogen-bond acceptors (Lipinski definition) is 1. The molecule has 0 saturated heterocycles. The number of aromatic nitrogens is 2. The highest BCUT2D eigenvalue weighted by molar-refractivity contribution is 5.77. The van der Waals surface area contributed by atoms with Gasteiger partial charge in [-0.3, -0.25) is 4.98 Å². The van der Waals surface area contributed by atoms with Gasteiger partial charge in [-0.25, -0.2) is 0 Å². The van der Waals surface area contributed by atoms with Crippen molar-refractivity contribution in [1.82, 2.24) is 9.97 Å². The zero-order valence-corrected chi connectivity index (χ0v) is 17.8. The minimum absolute atomic E-state index is 0.152. The first-order valence-electron chi connectivity index (χ1n) is 10.2. The van der Waals surface area contributed by atoms with Crippen LogP contribution in [0.2, 0.25) is 0 Å². The predicted molar refractivity (Wildman–Crippen MR) is 122 cm³/mol. The van der Waals surface area contributed by atoms with Crippen molar-refractivity contribution in [3.8, 4) is 0 Å². The van der Waals surface area contributed by atoms with Crippen molar-refractivity contribution in [2.75, 3.05) is 0 Å². The summed E-state index contributed by atoms with van der Waals surface area (Å²) in [6, 6.07) is 14.4. The predicted octanol–water partition coefficient (Wildman–Crippen LogP) is 7.39. The third kappa shape index (κ3) is 4.81. The third-order valence-corrected chi connectivity index (χ3v) is 5.37. The van der Waals surface area contributed by atoms with Gasteiger partial charge in [0.2, 0.25) is 0 Å². The van der Waals surface area contributed by atoms with Gasteiger partial charge in [-0.1, -0.05) is 83.5 Å². The summed E-state index contributed by atoms with van der Waals surface area (Å²) in [6.07, 6.45) is 13.3. The van der Waals surface area contributed by atoms with Gasteiger partial charge < -0.3 is 4.98 Å². The van der Waals surface area contributed by atoms with Crippen LogP contribution in [0, 0.1) is 5.41 Å². The highest BCUT2D eigenvalue weighted by atomic mass is 14.7. The number of para-hydroxylation sites is 1. The summed E-state index contributed by atoms with van der Waals surface area (Å²) in [6.45, 7) is 11.3. The van der Waals surface area contributed by atoms with Crippen molar-refractivity contribution in [1.29, 1.82) is 0 Å². The van der Waals surface area contributed by atoms with Gasteiger partial charge in [-0.15, -0.1) is 0 Å². The lowest BCUT2D eigenvalue weighted by molar-refractivity contribution is 0.461. The molecular formula is C26H32N2. The van der Waals surface area contributed by atoms with Crippen molar-refractivity contribution < 1.29 is 0 Å². The fourth-order valence-corrected chi connectivity index (χ4v) is 3.56. The number of nitrogens with one attached hydrogen (secondary N) is 1. The topological polar surface area (TPSA) is 28.7 Å². The molecule has 146 valence electrons. The molecule has 0 fully saturated rings. The summed E-state index contributed by atoms with van der Waals surface area (Å²) in [7, 11) is 0. The molecule has 2 aromatic heterocycles. The molecule has 0 spiro atoms. The number of hydrogen-bond donors (Lipinski definition) is 1. The van der Waals surface area contributed by atoms with E-state index in [2.05, 4.69) is 87.1 Å². The lowest BCUT2D eigenvalue weighted by Gasteiger charge is -2.22. The van der Waals surface area contributed by atoms with Crippen LogP contribution < -0.4 is 0 Å². The first-order chi connectivity index (χ1) is 13.3. The van der Waals surface area contributed by atoms with Gasteiger partial charge >= 0.3 is 0 Å². The largest absolute Gasteiger partial charge is 0.358 e. The van der Waals surface area contributed by atoms with E-state index in [9.17, 15) is 0 Å². The van der Waals surface area contributed by atoms with Crippen LogP contribution in [0.3, 0.4) is 0 Å². The summed E-state index contributed by atoms with van der Waals surface area (Å²) in [5.41, 5.74) is 5.36. The molecule has 28 heavy (non-hydrogen) atoms. The van der Waals surface area contributed by atoms with Gasteiger partial charge in [0.05, 0.1) is 5.52 Å². The third-order valence-electron chi connectivity index (χ3n) is 5.37. The molecule has 1 aliphatic rings. The second-order valence-corrected chi connectivity index (χ2v) is 8.87. The molecule has 1 aromatic carbocycles. The van der Waals surface area contributed by atoms with Gasteiger partial charge in [-0.05, 0) is 36.3 Å². The number of benzene rings is 1. The molecule has 4 rings (SSSR count). The Balaban J connectivity index is 0.000000188. The number of H-pyrrole nitrogens is 1. The number of rotatable bonds is 3. The molecular weight excluding hydrogens is 340 g/mol. The van der Waals surface area contributed by atoms with Gasteiger partial charge in [-0.2, -0.15) is 0 Å². The molecule has 0 radical (unpaired) electrons. The van der Waals surface area contributed by atoms with Crippen LogP contribution in [-0.2, 0) is 5.41 Å². The van der Waals surface area contributed by atoms with E-state index in [1.807, 2.05) is 30.5 Å². The maximum Gasteiger partial charge on any atom is 0.0701 e. The summed E-state index contributed by atoms with van der Waals surface area (Å²) >= 11 is 0. The highest BCUT2D eigenvalue weighted by Gasteiger charge is 2.23. The fourth-order valence-electron chi connectivity index (χ4n) is 3.56. The van der Waals surface area contributed by atoms with E-state index < -0.39 is 0 Å². The molecule has 0 aliphatic heterocycles. The fraction of sp³-hybridized carbons (Fsp3) is 0.346. The molecule has 0 atom stereocenters. The zero-order valence-electron chi connectivity index (χ0n) is 17.8. The first-order valence-corrected chi connectivity index (χ1v) is 10.2. The molecule has 0 saturated carbocycles. The highest BCUT2D eigenvalue weighted by Crippen LogP contribution is 2.33. The molecule has 2 heteroatoms. The van der Waals surface area contributed by atoms with Crippen LogP contribution in [0.5, 0.6) is 0 Å². The minimum Gasteiger partial charge on any atom is -0.358 e. The van der Waals surface area contributed by atoms with E-state index >= 15 is 0 Å². The first kappa shape index (κ1) is 20.1. The van der Waals surface area contributed by atoms with Crippen molar-refractivity contribution in [3.05, 3.63) is 77.8 Å². The Bertz CT molecular complexity index is 888. The monoisotopic (exact) mass is 372 g/mol. The molecule has 3 aromatic rings.